The fraction of sp³-hybridized carbons (Fsp3) is 0.385. The van der Waals surface area contributed by atoms with Gasteiger partial charge in [0.05, 0.1) is 39.5 Å². The zero-order valence-electron chi connectivity index (χ0n) is 30.4. The third kappa shape index (κ3) is 7.42. The number of carbonyl (C=O) groups excluding carboxylic acids is 3. The number of halogens is 1. The van der Waals surface area contributed by atoms with Gasteiger partial charge in [0.1, 0.15) is 0 Å². The normalized spacial score (nSPS) is 15.2. The largest absolute Gasteiger partial charge is 0.394 e. The maximum atomic E-state index is 14.6. The molecule has 0 radical (unpaired) electrons. The van der Waals surface area contributed by atoms with E-state index in [0.29, 0.717) is 31.6 Å². The Morgan fingerprint density at radius 1 is 0.962 bits per heavy atom. The fourth-order valence-electron chi connectivity index (χ4n) is 7.22. The Bertz CT molecular complexity index is 2160. The zero-order valence-corrected chi connectivity index (χ0v) is 32.0. The van der Waals surface area contributed by atoms with Gasteiger partial charge in [-0.3, -0.25) is 14.4 Å². The second kappa shape index (κ2) is 15.7. The third-order valence-electron chi connectivity index (χ3n) is 10.0. The van der Waals surface area contributed by atoms with Crippen molar-refractivity contribution in [1.82, 2.24) is 24.3 Å². The number of nitrogens with zero attached hydrogens (tertiary/aromatic N) is 5. The van der Waals surface area contributed by atoms with Crippen molar-refractivity contribution >= 4 is 45.0 Å². The Morgan fingerprint density at radius 2 is 1.66 bits per heavy atom. The van der Waals surface area contributed by atoms with Gasteiger partial charge in [-0.1, -0.05) is 49.7 Å². The lowest BCUT2D eigenvalue weighted by Gasteiger charge is -2.36. The number of anilines is 1. The van der Waals surface area contributed by atoms with Crippen molar-refractivity contribution in [3.8, 4) is 5.69 Å². The summed E-state index contributed by atoms with van der Waals surface area (Å²) in [6.45, 7) is 10.2. The Balaban J connectivity index is 1.40. The first-order chi connectivity index (χ1) is 25.4. The van der Waals surface area contributed by atoms with Gasteiger partial charge in [-0.2, -0.15) is 5.10 Å². The quantitative estimate of drug-likeness (QED) is 0.202. The minimum atomic E-state index is -4.28. The summed E-state index contributed by atoms with van der Waals surface area (Å²) in [5.74, 6) is -1.77. The van der Waals surface area contributed by atoms with E-state index >= 15 is 0 Å². The molecule has 2 N–H and O–H groups in total. The number of hydrogen-bond acceptors (Lipinski definition) is 8. The van der Waals surface area contributed by atoms with Crippen molar-refractivity contribution in [3.05, 3.63) is 105 Å². The van der Waals surface area contributed by atoms with E-state index in [2.05, 4.69) is 14.7 Å². The Kier molecular flexibility index (Phi) is 11.3. The molecule has 53 heavy (non-hydrogen) atoms. The van der Waals surface area contributed by atoms with Gasteiger partial charge in [-0.15, -0.1) is 0 Å². The summed E-state index contributed by atoms with van der Waals surface area (Å²) >= 11 is 6.76. The molecule has 0 bridgehead atoms. The summed E-state index contributed by atoms with van der Waals surface area (Å²) in [7, 11) is -4.28. The van der Waals surface area contributed by atoms with Crippen LogP contribution in [-0.4, -0.2) is 89.7 Å². The molecule has 0 fully saturated rings. The van der Waals surface area contributed by atoms with E-state index < -0.39 is 27.9 Å². The number of likely N-dealkylation sites (N-methyl/N-ethyl adjacent to an activating group) is 1. The minimum absolute atomic E-state index is 0.0188. The van der Waals surface area contributed by atoms with Crippen molar-refractivity contribution in [3.63, 3.8) is 0 Å². The fourth-order valence-corrected chi connectivity index (χ4v) is 8.44. The number of hydrogen-bond donors (Lipinski definition) is 2. The van der Waals surface area contributed by atoms with Crippen LogP contribution < -0.4 is 9.62 Å². The second-order valence-corrected chi connectivity index (χ2v) is 15.5. The maximum Gasteiger partial charge on any atom is 0.275 e. The molecule has 6 rings (SSSR count). The van der Waals surface area contributed by atoms with Crippen LogP contribution in [0.5, 0.6) is 0 Å². The van der Waals surface area contributed by atoms with Crippen LogP contribution in [0, 0.1) is 6.92 Å². The number of nitrogens with one attached hydrogen (secondary N) is 1. The van der Waals surface area contributed by atoms with E-state index in [9.17, 15) is 27.9 Å². The van der Waals surface area contributed by atoms with E-state index in [1.54, 1.807) is 28.9 Å². The maximum absolute atomic E-state index is 14.6. The molecule has 4 aromatic rings. The monoisotopic (exact) mass is 760 g/mol. The van der Waals surface area contributed by atoms with Gasteiger partial charge in [-0.25, -0.2) is 17.8 Å². The van der Waals surface area contributed by atoms with Crippen LogP contribution in [0.4, 0.5) is 5.69 Å². The molecular weight excluding hydrogens is 716 g/mol. The number of aromatic nitrogens is 2. The van der Waals surface area contributed by atoms with Crippen molar-refractivity contribution in [2.45, 2.75) is 70.9 Å². The van der Waals surface area contributed by atoms with Gasteiger partial charge < -0.3 is 19.8 Å². The first-order valence-corrected chi connectivity index (χ1v) is 19.9. The van der Waals surface area contributed by atoms with Crippen LogP contribution in [0.25, 0.3) is 5.69 Å². The number of sulfonamides is 1. The van der Waals surface area contributed by atoms with Crippen LogP contribution in [0.15, 0.2) is 65.6 Å². The predicted molar refractivity (Wildman–Crippen MR) is 203 cm³/mol. The number of aliphatic hydroxyl groups is 1. The van der Waals surface area contributed by atoms with Crippen LogP contribution >= 0.6 is 11.6 Å². The predicted octanol–water partition coefficient (Wildman–Crippen LogP) is 5.16. The number of rotatable bonds is 12. The van der Waals surface area contributed by atoms with Crippen molar-refractivity contribution in [2.75, 3.05) is 37.7 Å². The Hall–Kier alpha value is -4.72. The first-order valence-electron chi connectivity index (χ1n) is 18.0. The SMILES string of the molecule is CCCN(CCC)C(=O)c1nn(-c2ccc(C(=O)NS(=O)(=O)c3ccc4c(c3)CCN4CC)cc2C(=O)N2Cc3ccccc3CC2CO)c(C)c1Cl. The molecule has 1 unspecified atom stereocenters. The third-order valence-corrected chi connectivity index (χ3v) is 11.8. The summed E-state index contributed by atoms with van der Waals surface area (Å²) in [6, 6.07) is 16.2. The molecular formula is C39H45ClN6O6S. The van der Waals surface area contributed by atoms with Gasteiger partial charge >= 0.3 is 0 Å². The van der Waals surface area contributed by atoms with Gasteiger partial charge in [0.25, 0.3) is 27.7 Å². The number of benzene rings is 3. The molecule has 0 saturated carbocycles. The Morgan fingerprint density at radius 3 is 2.34 bits per heavy atom. The number of aliphatic hydroxyl groups excluding tert-OH is 1. The second-order valence-electron chi connectivity index (χ2n) is 13.5. The molecule has 1 atom stereocenters. The highest BCUT2D eigenvalue weighted by Crippen LogP contribution is 2.32. The minimum Gasteiger partial charge on any atom is -0.394 e. The molecule has 12 nitrogen and oxygen atoms in total. The highest BCUT2D eigenvalue weighted by Gasteiger charge is 2.34. The molecule has 2 aliphatic rings. The van der Waals surface area contributed by atoms with Gasteiger partial charge in [0.15, 0.2) is 5.69 Å². The number of carbonyl (C=O) groups is 3. The number of fused-ring (bicyclic) bond motifs is 2. The molecule has 3 amide bonds. The molecule has 0 saturated heterocycles. The van der Waals surface area contributed by atoms with Crippen LogP contribution in [-0.2, 0) is 29.4 Å². The highest BCUT2D eigenvalue weighted by molar-refractivity contribution is 7.90. The molecule has 2 aliphatic heterocycles. The molecule has 3 aromatic carbocycles. The first kappa shape index (κ1) is 38.0. The molecule has 280 valence electrons. The standard InChI is InChI=1S/C39H45ClN6O6S/c1-5-17-44(18-6-2)39(50)36-35(40)25(4)46(41-36)34-14-12-28(22-32(34)38(49)45-23-29-11-9-8-10-26(29)20-30(45)24-47)37(48)42-53(51,52)31-13-15-33-27(21-31)16-19-43(33)7-3/h8-15,21-22,30,47H,5-7,16-20,23-24H2,1-4H3,(H,42,48). The molecule has 3 heterocycles. The van der Waals surface area contributed by atoms with Crippen LogP contribution in [0.1, 0.15) is 87.2 Å². The van der Waals surface area contributed by atoms with Gasteiger partial charge in [0.2, 0.25) is 0 Å². The van der Waals surface area contributed by atoms with Crippen LogP contribution in [0.2, 0.25) is 5.02 Å². The van der Waals surface area contributed by atoms with E-state index in [1.165, 1.54) is 28.9 Å². The summed E-state index contributed by atoms with van der Waals surface area (Å²) in [5.41, 5.74) is 4.41. The van der Waals surface area contributed by atoms with E-state index in [1.807, 2.05) is 45.0 Å². The summed E-state index contributed by atoms with van der Waals surface area (Å²) in [5, 5.41) is 15.2. The van der Waals surface area contributed by atoms with Gasteiger partial charge in [0, 0.05) is 44.0 Å². The van der Waals surface area contributed by atoms with Crippen LogP contribution in [0.3, 0.4) is 0 Å². The lowest BCUT2D eigenvalue weighted by atomic mass is 9.93. The lowest BCUT2D eigenvalue weighted by Crippen LogP contribution is -2.46. The molecule has 0 spiro atoms. The van der Waals surface area contributed by atoms with Crippen molar-refractivity contribution < 1.29 is 27.9 Å². The average Bonchev–Trinajstić information content (AvgIpc) is 3.72. The number of amides is 3. The van der Waals surface area contributed by atoms with Crippen molar-refractivity contribution in [2.24, 2.45) is 0 Å². The summed E-state index contributed by atoms with van der Waals surface area (Å²) < 4.78 is 30.6. The van der Waals surface area contributed by atoms with E-state index in [4.69, 9.17) is 11.6 Å². The van der Waals surface area contributed by atoms with Gasteiger partial charge in [-0.05, 0) is 92.6 Å². The Labute approximate surface area is 315 Å². The smallest absolute Gasteiger partial charge is 0.275 e. The van der Waals surface area contributed by atoms with Crippen molar-refractivity contribution in [1.29, 1.82) is 0 Å². The highest BCUT2D eigenvalue weighted by atomic mass is 35.5. The molecule has 1 aromatic heterocycles. The summed E-state index contributed by atoms with van der Waals surface area (Å²) in [4.78, 5) is 47.3. The van der Waals surface area contributed by atoms with E-state index in [-0.39, 0.29) is 51.5 Å². The lowest BCUT2D eigenvalue weighted by molar-refractivity contribution is 0.0544. The molecule has 14 heteroatoms. The zero-order chi connectivity index (χ0) is 38.0. The average molecular weight is 761 g/mol. The molecule has 0 aliphatic carbocycles. The van der Waals surface area contributed by atoms with E-state index in [0.717, 1.165) is 48.3 Å². The topological polar surface area (TPSA) is 145 Å². The summed E-state index contributed by atoms with van der Waals surface area (Å²) in [6.07, 6.45) is 2.60.